The molecular weight excluding hydrogens is 514 g/mol. The summed E-state index contributed by atoms with van der Waals surface area (Å²) < 4.78 is 1.28. The second-order valence-corrected chi connectivity index (χ2v) is 11.9. The van der Waals surface area contributed by atoms with Gasteiger partial charge in [0.1, 0.15) is 18.6 Å². The monoisotopic (exact) mass is 547 g/mol. The summed E-state index contributed by atoms with van der Waals surface area (Å²) in [5, 5.41) is 26.8. The number of amides is 3. The first-order chi connectivity index (χ1) is 18.2. The van der Waals surface area contributed by atoms with Gasteiger partial charge in [-0.3, -0.25) is 14.4 Å². The van der Waals surface area contributed by atoms with Gasteiger partial charge in [0.05, 0.1) is 18.0 Å². The van der Waals surface area contributed by atoms with Crippen molar-refractivity contribution in [2.75, 3.05) is 19.6 Å². The minimum Gasteiger partial charge on any atom is -0.477 e. The number of carboxylic acids is 1. The van der Waals surface area contributed by atoms with Gasteiger partial charge in [-0.1, -0.05) is 6.92 Å². The Hall–Kier alpha value is -3.04. The standard InChI is InChI=1S/C23H33N9O5S/c1-11-18-17(12(2)27-16(33)9-31-10-26-28-29-31)22(35)32(18)19(23(36)37)20(11)38-14-6-15(25-7-14)21(34)30-5-3-4-13(24)8-30/h10-15,17-18,25H,3-9,24H2,1-2H3,(H,27,33)(H,36,37)/t11-,12-,13?,14+,15?,17-,18-/m1/s1. The van der Waals surface area contributed by atoms with Crippen LogP contribution in [-0.2, 0) is 25.7 Å². The molecule has 1 aromatic heterocycles. The summed E-state index contributed by atoms with van der Waals surface area (Å²) in [6.45, 7) is 5.42. The molecule has 14 nitrogen and oxygen atoms in total. The molecule has 0 spiro atoms. The van der Waals surface area contributed by atoms with E-state index in [0.29, 0.717) is 31.0 Å². The molecule has 5 N–H and O–H groups in total. The van der Waals surface area contributed by atoms with Crippen molar-refractivity contribution in [2.24, 2.45) is 17.6 Å². The quantitative estimate of drug-likeness (QED) is 0.273. The molecule has 15 heteroatoms. The van der Waals surface area contributed by atoms with Gasteiger partial charge in [0.15, 0.2) is 0 Å². The highest BCUT2D eigenvalue weighted by molar-refractivity contribution is 8.03. The van der Waals surface area contributed by atoms with Gasteiger partial charge >= 0.3 is 5.97 Å². The molecule has 5 rings (SSSR count). The van der Waals surface area contributed by atoms with E-state index in [1.807, 2.05) is 11.8 Å². The van der Waals surface area contributed by atoms with E-state index in [-0.39, 0.29) is 59.3 Å². The van der Waals surface area contributed by atoms with Crippen LogP contribution in [0, 0.1) is 11.8 Å². The molecule has 0 aromatic carbocycles. The van der Waals surface area contributed by atoms with Gasteiger partial charge in [0.2, 0.25) is 17.7 Å². The Labute approximate surface area is 223 Å². The number of nitrogens with zero attached hydrogens (tertiary/aromatic N) is 6. The fourth-order valence-corrected chi connectivity index (χ4v) is 7.56. The van der Waals surface area contributed by atoms with Crippen molar-refractivity contribution in [3.8, 4) is 0 Å². The second-order valence-electron chi connectivity index (χ2n) is 10.5. The first-order valence-corrected chi connectivity index (χ1v) is 13.8. The van der Waals surface area contributed by atoms with Crippen LogP contribution in [0.5, 0.6) is 0 Å². The fraction of sp³-hybridized carbons (Fsp3) is 0.696. The van der Waals surface area contributed by atoms with E-state index < -0.39 is 17.9 Å². The third-order valence-corrected chi connectivity index (χ3v) is 9.38. The number of carboxylic acid groups (broad SMARTS) is 1. The molecule has 206 valence electrons. The van der Waals surface area contributed by atoms with Crippen LogP contribution < -0.4 is 16.4 Å². The highest BCUT2D eigenvalue weighted by Crippen LogP contribution is 2.51. The summed E-state index contributed by atoms with van der Waals surface area (Å²) >= 11 is 1.44. The lowest BCUT2D eigenvalue weighted by Crippen LogP contribution is -2.66. The highest BCUT2D eigenvalue weighted by atomic mass is 32.2. The largest absolute Gasteiger partial charge is 0.477 e. The van der Waals surface area contributed by atoms with Gasteiger partial charge in [-0.25, -0.2) is 9.48 Å². The number of tetrazole rings is 1. The topological polar surface area (TPSA) is 189 Å². The van der Waals surface area contributed by atoms with Crippen molar-refractivity contribution in [2.45, 2.75) is 69.1 Å². The van der Waals surface area contributed by atoms with Crippen LogP contribution in [0.2, 0.25) is 0 Å². The number of hydrogen-bond donors (Lipinski definition) is 4. The molecule has 2 unspecified atom stereocenters. The number of piperidine rings is 1. The Morgan fingerprint density at radius 2 is 2.16 bits per heavy atom. The molecule has 38 heavy (non-hydrogen) atoms. The molecule has 1 aromatic rings. The lowest BCUT2D eigenvalue weighted by molar-refractivity contribution is -0.158. The molecule has 0 bridgehead atoms. The van der Waals surface area contributed by atoms with Crippen LogP contribution in [0.4, 0.5) is 0 Å². The summed E-state index contributed by atoms with van der Waals surface area (Å²) in [7, 11) is 0. The van der Waals surface area contributed by atoms with Crippen molar-refractivity contribution >= 4 is 35.5 Å². The van der Waals surface area contributed by atoms with Gasteiger partial charge in [-0.05, 0) is 36.6 Å². The van der Waals surface area contributed by atoms with Crippen molar-refractivity contribution in [3.63, 3.8) is 0 Å². The van der Waals surface area contributed by atoms with Crippen molar-refractivity contribution in [1.29, 1.82) is 0 Å². The number of nitrogens with two attached hydrogens (primary N) is 1. The predicted octanol–water partition coefficient (Wildman–Crippen LogP) is -1.64. The van der Waals surface area contributed by atoms with Gasteiger partial charge < -0.3 is 31.3 Å². The first kappa shape index (κ1) is 26.6. The van der Waals surface area contributed by atoms with E-state index in [1.165, 1.54) is 27.7 Å². The number of aromatic nitrogens is 4. The van der Waals surface area contributed by atoms with Gasteiger partial charge in [0, 0.05) is 47.8 Å². The highest BCUT2D eigenvalue weighted by Gasteiger charge is 2.60. The Morgan fingerprint density at radius 1 is 1.37 bits per heavy atom. The smallest absolute Gasteiger partial charge is 0.353 e. The third kappa shape index (κ3) is 4.89. The van der Waals surface area contributed by atoms with E-state index in [0.717, 1.165) is 12.8 Å². The Balaban J connectivity index is 1.23. The minimum absolute atomic E-state index is 0.00338. The first-order valence-electron chi connectivity index (χ1n) is 12.9. The van der Waals surface area contributed by atoms with E-state index in [2.05, 4.69) is 26.2 Å². The summed E-state index contributed by atoms with van der Waals surface area (Å²) in [6, 6.07) is -1.18. The molecular formula is C23H33N9O5S. The van der Waals surface area contributed by atoms with Crippen molar-refractivity contribution in [3.05, 3.63) is 16.9 Å². The van der Waals surface area contributed by atoms with Crippen LogP contribution in [0.25, 0.3) is 0 Å². The number of likely N-dealkylation sites (tertiary alicyclic amines) is 1. The fourth-order valence-electron chi connectivity index (χ4n) is 6.08. The average Bonchev–Trinajstić information content (AvgIpc) is 3.59. The number of β-lactam (4-membered cyclic amide) rings is 1. The van der Waals surface area contributed by atoms with Gasteiger partial charge in [-0.2, -0.15) is 0 Å². The number of fused-ring (bicyclic) bond motifs is 1. The zero-order valence-electron chi connectivity index (χ0n) is 21.3. The number of hydrogen-bond acceptors (Lipinski definition) is 10. The SMILES string of the molecule is C[C@@H](NC(=O)Cn1cnnn1)[C@H]1C(=O)N2C(C(=O)O)=C(S[C@@H]3CNC(C(=O)N4CCCC(N)C4)C3)[C@H](C)[C@H]12. The van der Waals surface area contributed by atoms with Gasteiger partial charge in [0.25, 0.3) is 0 Å². The number of nitrogens with one attached hydrogen (secondary N) is 2. The zero-order chi connectivity index (χ0) is 27.1. The maximum atomic E-state index is 13.1. The number of carbonyl (C=O) groups is 4. The van der Waals surface area contributed by atoms with Crippen molar-refractivity contribution < 1.29 is 24.3 Å². The van der Waals surface area contributed by atoms with E-state index in [1.54, 1.807) is 6.92 Å². The summed E-state index contributed by atoms with van der Waals surface area (Å²) in [4.78, 5) is 54.7. The summed E-state index contributed by atoms with van der Waals surface area (Å²) in [5.74, 6) is -2.53. The normalized spacial score (nSPS) is 31.7. The van der Waals surface area contributed by atoms with Crippen LogP contribution >= 0.6 is 11.8 Å². The Kier molecular flexibility index (Phi) is 7.42. The third-order valence-electron chi connectivity index (χ3n) is 7.87. The average molecular weight is 548 g/mol. The predicted molar refractivity (Wildman–Crippen MR) is 135 cm³/mol. The number of aliphatic carboxylic acids is 1. The van der Waals surface area contributed by atoms with Gasteiger partial charge in [-0.15, -0.1) is 16.9 Å². The molecule has 4 aliphatic heterocycles. The van der Waals surface area contributed by atoms with Crippen LogP contribution in [0.3, 0.4) is 0 Å². The van der Waals surface area contributed by atoms with Crippen LogP contribution in [0.15, 0.2) is 16.9 Å². The second kappa shape index (κ2) is 10.6. The maximum absolute atomic E-state index is 13.1. The maximum Gasteiger partial charge on any atom is 0.353 e. The Morgan fingerprint density at radius 3 is 2.84 bits per heavy atom. The molecule has 4 aliphatic rings. The lowest BCUT2D eigenvalue weighted by Gasteiger charge is -2.47. The minimum atomic E-state index is -1.15. The molecule has 0 saturated carbocycles. The molecule has 0 aliphatic carbocycles. The van der Waals surface area contributed by atoms with E-state index >= 15 is 0 Å². The van der Waals surface area contributed by atoms with Crippen LogP contribution in [0.1, 0.15) is 33.1 Å². The number of thioether (sulfide) groups is 1. The summed E-state index contributed by atoms with van der Waals surface area (Å²) in [5.41, 5.74) is 6.06. The number of carbonyl (C=O) groups excluding carboxylic acids is 3. The molecule has 5 heterocycles. The zero-order valence-corrected chi connectivity index (χ0v) is 22.1. The lowest BCUT2D eigenvalue weighted by atomic mass is 9.78. The van der Waals surface area contributed by atoms with E-state index in [9.17, 15) is 24.3 Å². The molecule has 7 atom stereocenters. The molecule has 3 amide bonds. The summed E-state index contributed by atoms with van der Waals surface area (Å²) in [6.07, 6.45) is 3.71. The number of rotatable bonds is 8. The molecule has 3 fully saturated rings. The molecule has 3 saturated heterocycles. The Bertz CT molecular complexity index is 1140. The molecule has 0 radical (unpaired) electrons. The van der Waals surface area contributed by atoms with Crippen molar-refractivity contribution in [1.82, 2.24) is 40.6 Å². The van der Waals surface area contributed by atoms with Crippen LogP contribution in [-0.4, -0.2) is 108 Å². The van der Waals surface area contributed by atoms with E-state index in [4.69, 9.17) is 5.73 Å².